The Kier molecular flexibility index (Phi) is 5.66. The van der Waals surface area contributed by atoms with E-state index in [0.29, 0.717) is 23.2 Å². The van der Waals surface area contributed by atoms with Crippen molar-refractivity contribution in [3.8, 4) is 0 Å². The predicted octanol–water partition coefficient (Wildman–Crippen LogP) is 4.61. The highest BCUT2D eigenvalue weighted by Gasteiger charge is 2.51. The Balaban J connectivity index is 2.28. The van der Waals surface area contributed by atoms with Crippen LogP contribution in [0.5, 0.6) is 0 Å². The maximum absolute atomic E-state index is 6.92. The van der Waals surface area contributed by atoms with E-state index in [0.717, 1.165) is 0 Å². The predicted molar refractivity (Wildman–Crippen MR) is 94.8 cm³/mol. The minimum Gasteiger partial charge on any atom is -0.493 e. The second kappa shape index (κ2) is 6.87. The molecule has 134 valence electrons. The van der Waals surface area contributed by atoms with Crippen LogP contribution in [0.15, 0.2) is 12.3 Å². The Morgan fingerprint density at radius 2 is 1.61 bits per heavy atom. The van der Waals surface area contributed by atoms with E-state index in [1.54, 1.807) is 6.26 Å². The molecule has 0 saturated carbocycles. The zero-order chi connectivity index (χ0) is 17.4. The van der Waals surface area contributed by atoms with Gasteiger partial charge in [0.1, 0.15) is 6.10 Å². The fourth-order valence-electron chi connectivity index (χ4n) is 4.29. The van der Waals surface area contributed by atoms with E-state index >= 15 is 0 Å². The summed E-state index contributed by atoms with van der Waals surface area (Å²) in [6, 6.07) is 0. The highest BCUT2D eigenvalue weighted by atomic mass is 28.4. The van der Waals surface area contributed by atoms with Crippen LogP contribution in [0.2, 0.25) is 16.6 Å². The van der Waals surface area contributed by atoms with Crippen LogP contribution in [-0.4, -0.2) is 39.0 Å². The van der Waals surface area contributed by atoms with Crippen LogP contribution >= 0.6 is 0 Å². The summed E-state index contributed by atoms with van der Waals surface area (Å²) in [7, 11) is -1.97. The lowest BCUT2D eigenvalue weighted by molar-refractivity contribution is -0.317. The summed E-state index contributed by atoms with van der Waals surface area (Å²) in [4.78, 5) is 0. The van der Waals surface area contributed by atoms with Crippen molar-refractivity contribution in [2.45, 2.75) is 96.1 Å². The van der Waals surface area contributed by atoms with Gasteiger partial charge in [-0.25, -0.2) is 0 Å². The maximum atomic E-state index is 6.92. The zero-order valence-electron chi connectivity index (χ0n) is 16.0. The van der Waals surface area contributed by atoms with Gasteiger partial charge in [0.15, 0.2) is 11.9 Å². The molecule has 0 N–H and O–H groups in total. The van der Waals surface area contributed by atoms with Crippen molar-refractivity contribution >= 4 is 8.32 Å². The minimum atomic E-state index is -1.97. The molecule has 2 heterocycles. The third-order valence-electron chi connectivity index (χ3n) is 5.27. The molecule has 2 aliphatic heterocycles. The summed E-state index contributed by atoms with van der Waals surface area (Å²) < 4.78 is 24.5. The van der Waals surface area contributed by atoms with Crippen molar-refractivity contribution in [1.29, 1.82) is 0 Å². The standard InChI is InChI=1S/C18H34O4Si/c1-12(2)23(13(3)4,14(5)6)22-15-9-10-19-16-11-20-18(7,8)21-17(15)16/h9-10,12-17H,11H2,1-8H3/t15-,16-,17-/m1/s1. The number of hydrogen-bond acceptors (Lipinski definition) is 4. The fraction of sp³-hybridized carbons (Fsp3) is 0.889. The Morgan fingerprint density at radius 1 is 1.04 bits per heavy atom. The van der Waals surface area contributed by atoms with Crippen LogP contribution in [0.1, 0.15) is 55.4 Å². The van der Waals surface area contributed by atoms with Gasteiger partial charge < -0.3 is 18.6 Å². The first-order valence-electron chi connectivity index (χ1n) is 8.92. The lowest BCUT2D eigenvalue weighted by Gasteiger charge is -2.49. The molecule has 0 amide bonds. The monoisotopic (exact) mass is 342 g/mol. The lowest BCUT2D eigenvalue weighted by Crippen LogP contribution is -2.59. The average Bonchev–Trinajstić information content (AvgIpc) is 2.42. The molecule has 4 nitrogen and oxygen atoms in total. The SMILES string of the molecule is CC(C)[Si](O[C@@H]1C=CO[C@@H]2COC(C)(C)O[C@H]12)(C(C)C)C(C)C. The highest BCUT2D eigenvalue weighted by Crippen LogP contribution is 2.44. The summed E-state index contributed by atoms with van der Waals surface area (Å²) in [5.74, 6) is -0.588. The van der Waals surface area contributed by atoms with Gasteiger partial charge >= 0.3 is 0 Å². The van der Waals surface area contributed by atoms with Gasteiger partial charge in [0.2, 0.25) is 8.32 Å². The normalized spacial score (nSPS) is 30.7. The molecule has 23 heavy (non-hydrogen) atoms. The molecule has 5 heteroatoms. The van der Waals surface area contributed by atoms with Crippen LogP contribution in [0.25, 0.3) is 0 Å². The molecule has 1 fully saturated rings. The van der Waals surface area contributed by atoms with Crippen molar-refractivity contribution in [2.75, 3.05) is 6.61 Å². The first-order valence-corrected chi connectivity index (χ1v) is 11.1. The van der Waals surface area contributed by atoms with Gasteiger partial charge in [-0.3, -0.25) is 0 Å². The minimum absolute atomic E-state index is 0.0595. The molecule has 2 aliphatic rings. The molecule has 1 saturated heterocycles. The van der Waals surface area contributed by atoms with E-state index in [4.69, 9.17) is 18.6 Å². The average molecular weight is 343 g/mol. The molecule has 0 unspecified atom stereocenters. The number of fused-ring (bicyclic) bond motifs is 1. The van der Waals surface area contributed by atoms with Crippen molar-refractivity contribution in [3.05, 3.63) is 12.3 Å². The molecule has 0 aromatic carbocycles. The fourth-order valence-corrected chi connectivity index (χ4v) is 9.79. The molecule has 0 radical (unpaired) electrons. The summed E-state index contributed by atoms with van der Waals surface area (Å²) in [5.41, 5.74) is 1.64. The van der Waals surface area contributed by atoms with Gasteiger partial charge in [0, 0.05) is 0 Å². The maximum Gasteiger partial charge on any atom is 0.201 e. The highest BCUT2D eigenvalue weighted by molar-refractivity contribution is 6.77. The van der Waals surface area contributed by atoms with Crippen LogP contribution < -0.4 is 0 Å². The molecule has 0 bridgehead atoms. The number of ether oxygens (including phenoxy) is 3. The summed E-state index contributed by atoms with van der Waals surface area (Å²) in [5, 5.41) is 0. The molecule has 2 rings (SSSR count). The van der Waals surface area contributed by atoms with Gasteiger partial charge in [-0.15, -0.1) is 0 Å². The summed E-state index contributed by atoms with van der Waals surface area (Å²) >= 11 is 0. The molecule has 0 aliphatic carbocycles. The second-order valence-corrected chi connectivity index (χ2v) is 13.6. The molecule has 0 aromatic heterocycles. The van der Waals surface area contributed by atoms with Crippen molar-refractivity contribution < 1.29 is 18.6 Å². The van der Waals surface area contributed by atoms with Crippen molar-refractivity contribution in [2.24, 2.45) is 0 Å². The van der Waals surface area contributed by atoms with E-state index in [2.05, 4.69) is 41.5 Å². The Bertz CT molecular complexity index is 409. The van der Waals surface area contributed by atoms with Gasteiger partial charge in [-0.05, 0) is 36.5 Å². The third kappa shape index (κ3) is 3.68. The quantitative estimate of drug-likeness (QED) is 0.684. The molecular weight excluding hydrogens is 308 g/mol. The Hall–Kier alpha value is -0.363. The molecule has 0 aromatic rings. The Labute approximate surface area is 142 Å². The van der Waals surface area contributed by atoms with Gasteiger partial charge in [0.25, 0.3) is 0 Å². The van der Waals surface area contributed by atoms with Gasteiger partial charge in [0.05, 0.1) is 19.0 Å². The van der Waals surface area contributed by atoms with Gasteiger partial charge in [-0.1, -0.05) is 41.5 Å². The van der Waals surface area contributed by atoms with Crippen LogP contribution in [0, 0.1) is 0 Å². The van der Waals surface area contributed by atoms with Gasteiger partial charge in [-0.2, -0.15) is 0 Å². The van der Waals surface area contributed by atoms with Crippen LogP contribution in [0.4, 0.5) is 0 Å². The second-order valence-electron chi connectivity index (χ2n) is 8.20. The van der Waals surface area contributed by atoms with E-state index in [-0.39, 0.29) is 18.3 Å². The number of hydrogen-bond donors (Lipinski definition) is 0. The largest absolute Gasteiger partial charge is 0.493 e. The smallest absolute Gasteiger partial charge is 0.201 e. The van der Waals surface area contributed by atoms with Crippen LogP contribution in [-0.2, 0) is 18.6 Å². The summed E-state index contributed by atoms with van der Waals surface area (Å²) in [6.45, 7) is 18.3. The van der Waals surface area contributed by atoms with Crippen LogP contribution in [0.3, 0.4) is 0 Å². The van der Waals surface area contributed by atoms with Crippen molar-refractivity contribution in [1.82, 2.24) is 0 Å². The number of rotatable bonds is 5. The molecule has 0 spiro atoms. The van der Waals surface area contributed by atoms with E-state index in [1.165, 1.54) is 0 Å². The topological polar surface area (TPSA) is 36.9 Å². The molecular formula is C18H34O4Si. The first-order chi connectivity index (χ1) is 10.6. The lowest BCUT2D eigenvalue weighted by atomic mass is 10.0. The molecule has 3 atom stereocenters. The summed E-state index contributed by atoms with van der Waals surface area (Å²) in [6.07, 6.45) is 3.54. The third-order valence-corrected chi connectivity index (χ3v) is 11.4. The Morgan fingerprint density at radius 3 is 2.13 bits per heavy atom. The van der Waals surface area contributed by atoms with E-state index < -0.39 is 14.1 Å². The van der Waals surface area contributed by atoms with E-state index in [1.807, 2.05) is 19.9 Å². The van der Waals surface area contributed by atoms with E-state index in [9.17, 15) is 0 Å². The zero-order valence-corrected chi connectivity index (χ0v) is 17.0. The first kappa shape index (κ1) is 19.0. The van der Waals surface area contributed by atoms with Crippen molar-refractivity contribution in [3.63, 3.8) is 0 Å².